The number of ether oxygens (including phenoxy) is 2. The van der Waals surface area contributed by atoms with Crippen LogP contribution in [0.15, 0.2) is 71.6 Å². The average Bonchev–Trinajstić information content (AvgIpc) is 3.23. The minimum absolute atomic E-state index is 0.0306. The molecule has 0 unspecified atom stereocenters. The number of halogens is 1. The number of hydrogen-bond donors (Lipinski definition) is 1. The van der Waals surface area contributed by atoms with E-state index < -0.39 is 16.0 Å². The van der Waals surface area contributed by atoms with Crippen molar-refractivity contribution in [2.75, 3.05) is 25.1 Å². The van der Waals surface area contributed by atoms with Crippen molar-refractivity contribution < 1.29 is 22.7 Å². The number of aromatic nitrogens is 1. The predicted octanol–water partition coefficient (Wildman–Crippen LogP) is 5.43. The van der Waals surface area contributed by atoms with Gasteiger partial charge in [-0.25, -0.2) is 8.42 Å². The van der Waals surface area contributed by atoms with Crippen LogP contribution in [0.3, 0.4) is 0 Å². The molecule has 0 spiro atoms. The molecule has 0 bridgehead atoms. The second-order valence-electron chi connectivity index (χ2n) is 7.76. The minimum Gasteiger partial charge on any atom is -0.495 e. The third-order valence-corrected chi connectivity index (χ3v) is 8.16. The summed E-state index contributed by atoms with van der Waals surface area (Å²) in [5, 5.41) is 0.948. The van der Waals surface area contributed by atoms with Crippen molar-refractivity contribution in [3.8, 4) is 17.0 Å². The Kier molecular flexibility index (Phi) is 7.05. The number of esters is 1. The monoisotopic (exact) mass is 512 g/mol. The molecular weight excluding hydrogens is 488 g/mol. The molecule has 0 fully saturated rings. The molecule has 0 saturated carbocycles. The number of nitrogens with one attached hydrogen (secondary N) is 1. The lowest BCUT2D eigenvalue weighted by atomic mass is 10.0. The van der Waals surface area contributed by atoms with Crippen LogP contribution in [0.25, 0.3) is 22.2 Å². The second-order valence-corrected chi connectivity index (χ2v) is 10.0. The van der Waals surface area contributed by atoms with E-state index in [0.717, 1.165) is 16.5 Å². The molecule has 1 heterocycles. The lowest BCUT2D eigenvalue weighted by Gasteiger charge is -2.25. The van der Waals surface area contributed by atoms with E-state index in [2.05, 4.69) is 4.98 Å². The first-order valence-corrected chi connectivity index (χ1v) is 12.8. The van der Waals surface area contributed by atoms with Crippen molar-refractivity contribution in [3.05, 3.63) is 77.3 Å². The largest absolute Gasteiger partial charge is 0.495 e. The zero-order valence-corrected chi connectivity index (χ0v) is 21.1. The van der Waals surface area contributed by atoms with E-state index in [9.17, 15) is 13.2 Å². The van der Waals surface area contributed by atoms with Gasteiger partial charge in [0.2, 0.25) is 0 Å². The van der Waals surface area contributed by atoms with E-state index in [1.807, 2.05) is 24.3 Å². The standard InChI is InChI=1S/C26H25ClN2O5S/c1-4-29(22-11-7-8-12-23(22)33-2)35(31,32)24-15-17(13-14-20(24)27)26-19(16-25(30)34-3)18-9-5-6-10-21(18)28-26/h5-15,28H,4,16H2,1-3H3. The van der Waals surface area contributed by atoms with Crippen LogP contribution in [0.4, 0.5) is 5.69 Å². The minimum atomic E-state index is -4.05. The van der Waals surface area contributed by atoms with Crippen molar-refractivity contribution in [2.45, 2.75) is 18.2 Å². The first kappa shape index (κ1) is 24.6. The maximum Gasteiger partial charge on any atom is 0.310 e. The highest BCUT2D eigenvalue weighted by molar-refractivity contribution is 7.93. The Bertz CT molecular complexity index is 1500. The number of anilines is 1. The number of methoxy groups -OCH3 is 2. The van der Waals surface area contributed by atoms with Crippen molar-refractivity contribution in [2.24, 2.45) is 0 Å². The van der Waals surface area contributed by atoms with Crippen molar-refractivity contribution >= 4 is 44.2 Å². The molecule has 0 aliphatic rings. The maximum atomic E-state index is 13.8. The number of aromatic amines is 1. The van der Waals surface area contributed by atoms with Gasteiger partial charge in [0.15, 0.2) is 0 Å². The number of para-hydroxylation sites is 3. The Morgan fingerprint density at radius 1 is 1.03 bits per heavy atom. The first-order chi connectivity index (χ1) is 16.8. The summed E-state index contributed by atoms with van der Waals surface area (Å²) >= 11 is 6.43. The fraction of sp³-hybridized carbons (Fsp3) is 0.192. The molecule has 0 atom stereocenters. The smallest absolute Gasteiger partial charge is 0.310 e. The number of nitrogens with zero attached hydrogens (tertiary/aromatic N) is 1. The van der Waals surface area contributed by atoms with Gasteiger partial charge in [-0.1, -0.05) is 48.0 Å². The number of hydrogen-bond acceptors (Lipinski definition) is 5. The number of benzene rings is 3. The van der Waals surface area contributed by atoms with Crippen LogP contribution in [0, 0.1) is 0 Å². The van der Waals surface area contributed by atoms with Crippen molar-refractivity contribution in [1.82, 2.24) is 4.98 Å². The zero-order valence-electron chi connectivity index (χ0n) is 19.5. The topological polar surface area (TPSA) is 88.7 Å². The third-order valence-electron chi connectivity index (χ3n) is 5.79. The van der Waals surface area contributed by atoms with Gasteiger partial charge in [-0.05, 0) is 48.4 Å². The Morgan fingerprint density at radius 3 is 2.46 bits per heavy atom. The molecular formula is C26H25ClN2O5S. The average molecular weight is 513 g/mol. The Labute approximate surface area is 209 Å². The van der Waals surface area contributed by atoms with Crippen LogP contribution < -0.4 is 9.04 Å². The molecule has 4 aromatic rings. The van der Waals surface area contributed by atoms with Crippen LogP contribution in [0.1, 0.15) is 12.5 Å². The van der Waals surface area contributed by atoms with Crippen LogP contribution in [-0.2, 0) is 26.0 Å². The summed E-state index contributed by atoms with van der Waals surface area (Å²) in [5.41, 5.74) is 3.17. The van der Waals surface area contributed by atoms with Crippen molar-refractivity contribution in [1.29, 1.82) is 0 Å². The van der Waals surface area contributed by atoms with E-state index in [4.69, 9.17) is 21.1 Å². The molecule has 0 aliphatic carbocycles. The highest BCUT2D eigenvalue weighted by Gasteiger charge is 2.29. The molecule has 0 aliphatic heterocycles. The van der Waals surface area contributed by atoms with Gasteiger partial charge < -0.3 is 14.5 Å². The van der Waals surface area contributed by atoms with E-state index in [0.29, 0.717) is 22.7 Å². The SMILES string of the molecule is CCN(c1ccccc1OC)S(=O)(=O)c1cc(-c2[nH]c3ccccc3c2CC(=O)OC)ccc1Cl. The normalized spacial score (nSPS) is 11.4. The number of fused-ring (bicyclic) bond motifs is 1. The van der Waals surface area contributed by atoms with Gasteiger partial charge in [-0.2, -0.15) is 0 Å². The third kappa shape index (κ3) is 4.59. The summed E-state index contributed by atoms with van der Waals surface area (Å²) in [7, 11) is -1.23. The summed E-state index contributed by atoms with van der Waals surface area (Å²) in [4.78, 5) is 15.4. The molecule has 1 aromatic heterocycles. The Balaban J connectivity index is 1.88. The molecule has 1 N–H and O–H groups in total. The summed E-state index contributed by atoms with van der Waals surface area (Å²) in [6.45, 7) is 1.91. The second kappa shape index (κ2) is 10.0. The highest BCUT2D eigenvalue weighted by Crippen LogP contribution is 2.37. The van der Waals surface area contributed by atoms with Crippen LogP contribution in [-0.4, -0.2) is 40.1 Å². The predicted molar refractivity (Wildman–Crippen MR) is 138 cm³/mol. The van der Waals surface area contributed by atoms with E-state index in [1.165, 1.54) is 24.6 Å². The highest BCUT2D eigenvalue weighted by atomic mass is 35.5. The lowest BCUT2D eigenvalue weighted by Crippen LogP contribution is -2.31. The summed E-state index contributed by atoms with van der Waals surface area (Å²) in [5.74, 6) is 0.0346. The molecule has 35 heavy (non-hydrogen) atoms. The zero-order chi connectivity index (χ0) is 25.2. The summed E-state index contributed by atoms with van der Waals surface area (Å²) < 4.78 is 39.2. The number of carbonyl (C=O) groups excluding carboxylic acids is 1. The van der Waals surface area contributed by atoms with Gasteiger partial charge in [0.25, 0.3) is 10.0 Å². The Hall–Kier alpha value is -3.49. The fourth-order valence-electron chi connectivity index (χ4n) is 4.13. The molecule has 0 saturated heterocycles. The van der Waals surface area contributed by atoms with Gasteiger partial charge in [-0.3, -0.25) is 9.10 Å². The molecule has 0 radical (unpaired) electrons. The van der Waals surface area contributed by atoms with E-state index in [1.54, 1.807) is 43.3 Å². The van der Waals surface area contributed by atoms with Crippen LogP contribution >= 0.6 is 11.6 Å². The van der Waals surface area contributed by atoms with Gasteiger partial charge in [0.1, 0.15) is 10.6 Å². The molecule has 4 rings (SSSR count). The summed E-state index contributed by atoms with van der Waals surface area (Å²) in [6, 6.07) is 19.3. The summed E-state index contributed by atoms with van der Waals surface area (Å²) in [6.07, 6.45) is 0.0306. The maximum absolute atomic E-state index is 13.8. The van der Waals surface area contributed by atoms with Crippen LogP contribution in [0.2, 0.25) is 5.02 Å². The van der Waals surface area contributed by atoms with Crippen LogP contribution in [0.5, 0.6) is 5.75 Å². The van der Waals surface area contributed by atoms with Crippen molar-refractivity contribution in [3.63, 3.8) is 0 Å². The van der Waals surface area contributed by atoms with Gasteiger partial charge in [-0.15, -0.1) is 0 Å². The number of carbonyl (C=O) groups is 1. The van der Waals surface area contributed by atoms with Gasteiger partial charge >= 0.3 is 5.97 Å². The first-order valence-electron chi connectivity index (χ1n) is 10.9. The number of H-pyrrole nitrogens is 1. The molecule has 3 aromatic carbocycles. The van der Waals surface area contributed by atoms with Gasteiger partial charge in [0, 0.05) is 17.4 Å². The number of sulfonamides is 1. The number of rotatable bonds is 8. The molecule has 182 valence electrons. The molecule has 9 heteroatoms. The molecule has 7 nitrogen and oxygen atoms in total. The quantitative estimate of drug-likeness (QED) is 0.318. The Morgan fingerprint density at radius 2 is 1.74 bits per heavy atom. The van der Waals surface area contributed by atoms with Gasteiger partial charge in [0.05, 0.1) is 37.0 Å². The molecule has 0 amide bonds. The van der Waals surface area contributed by atoms with E-state index >= 15 is 0 Å². The fourth-order valence-corrected chi connectivity index (χ4v) is 6.11. The van der Waals surface area contributed by atoms with E-state index in [-0.39, 0.29) is 22.9 Å². The lowest BCUT2D eigenvalue weighted by molar-refractivity contribution is -0.139.